The number of carboxylic acid groups (broad SMARTS) is 1. The van der Waals surface area contributed by atoms with Gasteiger partial charge in [-0.3, -0.25) is 0 Å². The third-order valence-corrected chi connectivity index (χ3v) is 3.36. The fraction of sp³-hybridized carbons (Fsp3) is 0.0833. The molecule has 2 rings (SSSR count). The van der Waals surface area contributed by atoms with Crippen LogP contribution >= 0.6 is 27.5 Å². The SMILES string of the molecule is O=C(O)c1cc(Cl)cn1Cc1ccccc1Br. The van der Waals surface area contributed by atoms with Gasteiger partial charge in [0.2, 0.25) is 0 Å². The molecule has 0 aliphatic carbocycles. The smallest absolute Gasteiger partial charge is 0.352 e. The van der Waals surface area contributed by atoms with Crippen molar-refractivity contribution >= 4 is 33.5 Å². The standard InChI is InChI=1S/C12H9BrClNO2/c13-10-4-2-1-3-8(10)6-15-7-9(14)5-11(15)12(16)17/h1-5,7H,6H2,(H,16,17). The first-order valence-corrected chi connectivity index (χ1v) is 6.07. The average Bonchev–Trinajstić information content (AvgIpc) is 2.63. The molecule has 2 aromatic rings. The van der Waals surface area contributed by atoms with Crippen LogP contribution in [0.15, 0.2) is 41.0 Å². The van der Waals surface area contributed by atoms with Gasteiger partial charge in [0.25, 0.3) is 0 Å². The van der Waals surface area contributed by atoms with Crippen LogP contribution in [-0.4, -0.2) is 15.6 Å². The molecule has 17 heavy (non-hydrogen) atoms. The Kier molecular flexibility index (Phi) is 3.54. The van der Waals surface area contributed by atoms with E-state index in [9.17, 15) is 4.79 Å². The van der Waals surface area contributed by atoms with Gasteiger partial charge in [0, 0.05) is 17.2 Å². The molecule has 0 amide bonds. The van der Waals surface area contributed by atoms with E-state index in [1.54, 1.807) is 10.8 Å². The first kappa shape index (κ1) is 12.2. The summed E-state index contributed by atoms with van der Waals surface area (Å²) in [5.41, 5.74) is 1.19. The van der Waals surface area contributed by atoms with Gasteiger partial charge in [0.05, 0.1) is 5.02 Å². The lowest BCUT2D eigenvalue weighted by molar-refractivity contribution is 0.0685. The zero-order chi connectivity index (χ0) is 12.4. The molecule has 1 heterocycles. The van der Waals surface area contributed by atoms with Crippen LogP contribution in [0.25, 0.3) is 0 Å². The summed E-state index contributed by atoms with van der Waals surface area (Å²) >= 11 is 9.25. The van der Waals surface area contributed by atoms with E-state index in [-0.39, 0.29) is 5.69 Å². The minimum Gasteiger partial charge on any atom is -0.477 e. The van der Waals surface area contributed by atoms with Crippen molar-refractivity contribution in [3.63, 3.8) is 0 Å². The molecule has 1 aromatic carbocycles. The van der Waals surface area contributed by atoms with E-state index in [0.717, 1.165) is 10.0 Å². The Labute approximate surface area is 112 Å². The van der Waals surface area contributed by atoms with Crippen LogP contribution in [0.5, 0.6) is 0 Å². The van der Waals surface area contributed by atoms with Crippen LogP contribution < -0.4 is 0 Å². The number of aromatic carboxylic acids is 1. The van der Waals surface area contributed by atoms with Gasteiger partial charge in [-0.2, -0.15) is 0 Å². The summed E-state index contributed by atoms with van der Waals surface area (Å²) in [6, 6.07) is 9.12. The summed E-state index contributed by atoms with van der Waals surface area (Å²) in [6.07, 6.45) is 1.62. The summed E-state index contributed by atoms with van der Waals surface area (Å²) in [7, 11) is 0. The lowest BCUT2D eigenvalue weighted by Crippen LogP contribution is -2.08. The van der Waals surface area contributed by atoms with Crippen LogP contribution in [0.3, 0.4) is 0 Å². The maximum absolute atomic E-state index is 11.0. The van der Waals surface area contributed by atoms with E-state index < -0.39 is 5.97 Å². The molecule has 1 N–H and O–H groups in total. The van der Waals surface area contributed by atoms with Crippen molar-refractivity contribution in [1.82, 2.24) is 4.57 Å². The third kappa shape index (κ3) is 2.70. The summed E-state index contributed by atoms with van der Waals surface area (Å²) in [6.45, 7) is 0.468. The van der Waals surface area contributed by atoms with Crippen LogP contribution in [0.1, 0.15) is 16.1 Å². The fourth-order valence-corrected chi connectivity index (χ4v) is 2.23. The van der Waals surface area contributed by atoms with Crippen molar-refractivity contribution in [2.24, 2.45) is 0 Å². The van der Waals surface area contributed by atoms with Gasteiger partial charge in [0.15, 0.2) is 0 Å². The molecule has 0 saturated heterocycles. The van der Waals surface area contributed by atoms with Crippen molar-refractivity contribution in [3.8, 4) is 0 Å². The summed E-state index contributed by atoms with van der Waals surface area (Å²) in [5, 5.41) is 9.46. The Morgan fingerprint density at radius 2 is 2.12 bits per heavy atom. The molecule has 0 atom stereocenters. The second-order valence-electron chi connectivity index (χ2n) is 3.57. The topological polar surface area (TPSA) is 42.2 Å². The van der Waals surface area contributed by atoms with Crippen LogP contribution in [0.2, 0.25) is 5.02 Å². The van der Waals surface area contributed by atoms with Gasteiger partial charge in [-0.05, 0) is 17.7 Å². The molecule has 0 unspecified atom stereocenters. The van der Waals surface area contributed by atoms with E-state index >= 15 is 0 Å². The first-order valence-electron chi connectivity index (χ1n) is 4.90. The Balaban J connectivity index is 2.36. The Bertz CT molecular complexity index is 565. The number of carbonyl (C=O) groups is 1. The van der Waals surface area contributed by atoms with E-state index in [4.69, 9.17) is 16.7 Å². The quantitative estimate of drug-likeness (QED) is 0.939. The number of hydrogen-bond acceptors (Lipinski definition) is 1. The zero-order valence-corrected chi connectivity index (χ0v) is 11.1. The number of nitrogens with zero attached hydrogens (tertiary/aromatic N) is 1. The molecule has 0 radical (unpaired) electrons. The lowest BCUT2D eigenvalue weighted by Gasteiger charge is -2.07. The minimum absolute atomic E-state index is 0.186. The second kappa shape index (κ2) is 4.94. The number of carboxylic acids is 1. The monoisotopic (exact) mass is 313 g/mol. The number of aromatic nitrogens is 1. The summed E-state index contributed by atoms with van der Waals surface area (Å²) < 4.78 is 2.56. The zero-order valence-electron chi connectivity index (χ0n) is 8.73. The molecule has 88 valence electrons. The van der Waals surface area contributed by atoms with Gasteiger partial charge >= 0.3 is 5.97 Å². The van der Waals surface area contributed by atoms with Gasteiger partial charge in [0.1, 0.15) is 5.69 Å². The molecule has 0 aliphatic rings. The minimum atomic E-state index is -0.982. The molecule has 5 heteroatoms. The van der Waals surface area contributed by atoms with Gasteiger partial charge in [-0.15, -0.1) is 0 Å². The van der Waals surface area contributed by atoms with Crippen LogP contribution in [-0.2, 0) is 6.54 Å². The molecule has 0 bridgehead atoms. The normalized spacial score (nSPS) is 10.5. The molecular formula is C12H9BrClNO2. The van der Waals surface area contributed by atoms with E-state index in [0.29, 0.717) is 11.6 Å². The average molecular weight is 315 g/mol. The number of benzene rings is 1. The van der Waals surface area contributed by atoms with Crippen molar-refractivity contribution in [3.05, 3.63) is 57.3 Å². The predicted octanol–water partition coefficient (Wildman–Crippen LogP) is 3.65. The molecule has 1 aromatic heterocycles. The largest absolute Gasteiger partial charge is 0.477 e. The molecule has 3 nitrogen and oxygen atoms in total. The number of halogens is 2. The Morgan fingerprint density at radius 1 is 1.41 bits per heavy atom. The predicted molar refractivity (Wildman–Crippen MR) is 69.6 cm³/mol. The van der Waals surface area contributed by atoms with Crippen molar-refractivity contribution in [2.75, 3.05) is 0 Å². The van der Waals surface area contributed by atoms with Crippen molar-refractivity contribution < 1.29 is 9.90 Å². The molecular weight excluding hydrogens is 305 g/mol. The first-order chi connectivity index (χ1) is 8.08. The highest BCUT2D eigenvalue weighted by Crippen LogP contribution is 2.20. The van der Waals surface area contributed by atoms with Crippen LogP contribution in [0.4, 0.5) is 0 Å². The van der Waals surface area contributed by atoms with E-state index in [1.807, 2.05) is 24.3 Å². The van der Waals surface area contributed by atoms with Gasteiger partial charge < -0.3 is 9.67 Å². The van der Waals surface area contributed by atoms with E-state index in [1.165, 1.54) is 6.07 Å². The van der Waals surface area contributed by atoms with Crippen LogP contribution in [0, 0.1) is 0 Å². The molecule has 0 fully saturated rings. The number of hydrogen-bond donors (Lipinski definition) is 1. The van der Waals surface area contributed by atoms with Crippen molar-refractivity contribution in [1.29, 1.82) is 0 Å². The Hall–Kier alpha value is -1.26. The number of rotatable bonds is 3. The van der Waals surface area contributed by atoms with E-state index in [2.05, 4.69) is 15.9 Å². The highest BCUT2D eigenvalue weighted by Gasteiger charge is 2.12. The van der Waals surface area contributed by atoms with Gasteiger partial charge in [-0.25, -0.2) is 4.79 Å². The lowest BCUT2D eigenvalue weighted by atomic mass is 10.2. The van der Waals surface area contributed by atoms with Gasteiger partial charge in [-0.1, -0.05) is 45.7 Å². The summed E-state index contributed by atoms with van der Waals surface area (Å²) in [4.78, 5) is 11.0. The third-order valence-electron chi connectivity index (χ3n) is 2.38. The fourth-order valence-electron chi connectivity index (χ4n) is 1.59. The Morgan fingerprint density at radius 3 is 2.76 bits per heavy atom. The van der Waals surface area contributed by atoms with Crippen molar-refractivity contribution in [2.45, 2.75) is 6.54 Å². The maximum Gasteiger partial charge on any atom is 0.352 e. The molecule has 0 spiro atoms. The maximum atomic E-state index is 11.0. The molecule has 0 aliphatic heterocycles. The highest BCUT2D eigenvalue weighted by molar-refractivity contribution is 9.10. The summed E-state index contributed by atoms with van der Waals surface area (Å²) in [5.74, 6) is -0.982. The highest BCUT2D eigenvalue weighted by atomic mass is 79.9. The second-order valence-corrected chi connectivity index (χ2v) is 4.86. The molecule has 0 saturated carbocycles.